The molecule has 11 heteroatoms. The maximum Gasteiger partial charge on any atom is 0.260 e. The second-order valence-corrected chi connectivity index (χ2v) is 12.1. The van der Waals surface area contributed by atoms with Crippen LogP contribution in [0, 0.1) is 0 Å². The van der Waals surface area contributed by atoms with Crippen LogP contribution >= 0.6 is 11.3 Å². The summed E-state index contributed by atoms with van der Waals surface area (Å²) in [5.41, 5.74) is 1.15. The first-order chi connectivity index (χ1) is 17.2. The number of thiazole rings is 1. The number of likely N-dealkylation sites (N-methyl/N-ethyl adjacent to an activating group) is 2. The number of sulfonamides is 1. The van der Waals surface area contributed by atoms with Gasteiger partial charge in [0.2, 0.25) is 10.0 Å². The number of fused-ring (bicyclic) bond motifs is 1. The number of amides is 1. The van der Waals surface area contributed by atoms with Crippen LogP contribution in [-0.2, 0) is 14.8 Å². The number of carbonyl (C=O) groups excluding carboxylic acids is 1. The predicted octanol–water partition coefficient (Wildman–Crippen LogP) is 3.31. The molecule has 1 fully saturated rings. The summed E-state index contributed by atoms with van der Waals surface area (Å²) in [5.74, 6) is 0.464. The zero-order valence-corrected chi connectivity index (χ0v) is 22.6. The summed E-state index contributed by atoms with van der Waals surface area (Å²) >= 11 is 1.43. The Bertz CT molecular complexity index is 1300. The number of hydrogen-bond donors (Lipinski definition) is 0. The van der Waals surface area contributed by atoms with E-state index in [0.29, 0.717) is 42.7 Å². The summed E-state index contributed by atoms with van der Waals surface area (Å²) < 4.78 is 39.2. The lowest BCUT2D eigenvalue weighted by molar-refractivity contribution is 0.0978. The smallest absolute Gasteiger partial charge is 0.260 e. The highest BCUT2D eigenvalue weighted by atomic mass is 32.2. The lowest BCUT2D eigenvalue weighted by Crippen LogP contribution is -2.37. The molecule has 0 saturated carbocycles. The summed E-state index contributed by atoms with van der Waals surface area (Å²) in [6.07, 6.45) is 1.72. The molecule has 36 heavy (non-hydrogen) atoms. The second kappa shape index (κ2) is 11.2. The van der Waals surface area contributed by atoms with Crippen molar-refractivity contribution in [1.82, 2.24) is 14.2 Å². The van der Waals surface area contributed by atoms with Crippen molar-refractivity contribution in [3.63, 3.8) is 0 Å². The minimum atomic E-state index is -3.69. The zero-order chi connectivity index (χ0) is 25.9. The van der Waals surface area contributed by atoms with Gasteiger partial charge in [0.25, 0.3) is 5.91 Å². The lowest BCUT2D eigenvalue weighted by atomic mass is 10.2. The molecule has 9 nitrogen and oxygen atoms in total. The van der Waals surface area contributed by atoms with E-state index in [9.17, 15) is 13.2 Å². The number of anilines is 1. The van der Waals surface area contributed by atoms with E-state index >= 15 is 0 Å². The number of benzene rings is 2. The topological polar surface area (TPSA) is 92.3 Å². The van der Waals surface area contributed by atoms with E-state index in [2.05, 4.69) is 4.98 Å². The van der Waals surface area contributed by atoms with Crippen molar-refractivity contribution in [2.75, 3.05) is 59.4 Å². The Hall–Kier alpha value is -2.57. The van der Waals surface area contributed by atoms with Gasteiger partial charge in [-0.15, -0.1) is 0 Å². The molecule has 0 radical (unpaired) electrons. The third-order valence-electron chi connectivity index (χ3n) is 6.12. The first-order valence-corrected chi connectivity index (χ1v) is 14.0. The maximum atomic E-state index is 13.6. The Balaban J connectivity index is 1.57. The van der Waals surface area contributed by atoms with E-state index in [1.807, 2.05) is 37.2 Å². The van der Waals surface area contributed by atoms with Crippen LogP contribution in [0.3, 0.4) is 0 Å². The number of carbonyl (C=O) groups is 1. The van der Waals surface area contributed by atoms with Gasteiger partial charge in [-0.05, 0) is 63.3 Å². The molecule has 1 saturated heterocycles. The van der Waals surface area contributed by atoms with Gasteiger partial charge < -0.3 is 14.4 Å². The van der Waals surface area contributed by atoms with E-state index in [1.54, 1.807) is 31.2 Å². The normalized spacial score (nSPS) is 16.2. The molecule has 1 aliphatic heterocycles. The Kier molecular flexibility index (Phi) is 8.26. The summed E-state index contributed by atoms with van der Waals surface area (Å²) in [5, 5.41) is 0.582. The van der Waals surface area contributed by atoms with Gasteiger partial charge in [0.05, 0.1) is 28.3 Å². The van der Waals surface area contributed by atoms with E-state index in [4.69, 9.17) is 9.47 Å². The molecule has 3 aromatic rings. The molecule has 194 valence electrons. The molecule has 1 atom stereocenters. The number of aromatic nitrogens is 1. The fourth-order valence-corrected chi connectivity index (χ4v) is 6.17. The fraction of sp³-hybridized carbons (Fsp3) is 0.440. The summed E-state index contributed by atoms with van der Waals surface area (Å²) in [7, 11) is 3.36. The average molecular weight is 533 g/mol. The standard InChI is InChI=1S/C25H32N4O5S2/c1-27(2)13-14-29(25-26-22-16-19(33-4)9-12-23(22)35-25)24(30)18-7-10-21(11-8-18)36(31,32)28(3)17-20-6-5-15-34-20/h7-12,16,20H,5-6,13-15,17H2,1-4H3/t20-/m0/s1. The van der Waals surface area contributed by atoms with Crippen molar-refractivity contribution in [2.45, 2.75) is 23.8 Å². The monoisotopic (exact) mass is 532 g/mol. The van der Waals surface area contributed by atoms with E-state index in [0.717, 1.165) is 23.1 Å². The van der Waals surface area contributed by atoms with Crippen molar-refractivity contribution >= 4 is 42.6 Å². The third-order valence-corrected chi connectivity index (χ3v) is 9.02. The van der Waals surface area contributed by atoms with Crippen LogP contribution in [0.15, 0.2) is 47.4 Å². The molecule has 0 spiro atoms. The van der Waals surface area contributed by atoms with Crippen molar-refractivity contribution in [1.29, 1.82) is 0 Å². The minimum Gasteiger partial charge on any atom is -0.497 e. The lowest BCUT2D eigenvalue weighted by Gasteiger charge is -2.22. The average Bonchev–Trinajstić information content (AvgIpc) is 3.53. The van der Waals surface area contributed by atoms with Gasteiger partial charge in [-0.3, -0.25) is 9.69 Å². The van der Waals surface area contributed by atoms with Gasteiger partial charge in [0, 0.05) is 44.9 Å². The summed E-state index contributed by atoms with van der Waals surface area (Å²) in [6.45, 7) is 2.06. The Morgan fingerprint density at radius 2 is 1.89 bits per heavy atom. The molecular weight excluding hydrogens is 500 g/mol. The molecule has 0 aliphatic carbocycles. The SMILES string of the molecule is COc1ccc2sc(N(CCN(C)C)C(=O)c3ccc(S(=O)(=O)N(C)C[C@@H]4CCCO4)cc3)nc2c1. The van der Waals surface area contributed by atoms with E-state index in [1.165, 1.54) is 27.8 Å². The highest BCUT2D eigenvalue weighted by molar-refractivity contribution is 7.89. The highest BCUT2D eigenvalue weighted by Crippen LogP contribution is 2.32. The molecule has 2 aromatic carbocycles. The summed E-state index contributed by atoms with van der Waals surface area (Å²) in [4.78, 5) is 22.0. The summed E-state index contributed by atoms with van der Waals surface area (Å²) in [6, 6.07) is 11.7. The van der Waals surface area contributed by atoms with Gasteiger partial charge >= 0.3 is 0 Å². The van der Waals surface area contributed by atoms with Crippen molar-refractivity contribution in [3.05, 3.63) is 48.0 Å². The molecule has 1 aliphatic rings. The molecular formula is C25H32N4O5S2. The van der Waals surface area contributed by atoms with Gasteiger partial charge in [-0.2, -0.15) is 4.31 Å². The van der Waals surface area contributed by atoms with Crippen LogP contribution in [-0.4, -0.2) is 89.1 Å². The number of hydrogen-bond acceptors (Lipinski definition) is 8. The molecule has 0 unspecified atom stereocenters. The van der Waals surface area contributed by atoms with Crippen LogP contribution < -0.4 is 9.64 Å². The molecule has 1 aromatic heterocycles. The minimum absolute atomic E-state index is 0.0790. The second-order valence-electron chi connectivity index (χ2n) is 9.04. The van der Waals surface area contributed by atoms with Gasteiger partial charge in [0.1, 0.15) is 5.75 Å². The Morgan fingerprint density at radius 1 is 1.14 bits per heavy atom. The first kappa shape index (κ1) is 26.5. The molecule has 0 bridgehead atoms. The number of rotatable bonds is 10. The molecule has 1 amide bonds. The largest absolute Gasteiger partial charge is 0.497 e. The van der Waals surface area contributed by atoms with E-state index < -0.39 is 10.0 Å². The van der Waals surface area contributed by atoms with Crippen LogP contribution in [0.4, 0.5) is 5.13 Å². The molecule has 2 heterocycles. The quantitative estimate of drug-likeness (QED) is 0.396. The predicted molar refractivity (Wildman–Crippen MR) is 142 cm³/mol. The molecule has 4 rings (SSSR count). The number of ether oxygens (including phenoxy) is 2. The number of nitrogens with zero attached hydrogens (tertiary/aromatic N) is 4. The van der Waals surface area contributed by atoms with Crippen LogP contribution in [0.2, 0.25) is 0 Å². The van der Waals surface area contributed by atoms with Gasteiger partial charge in [-0.25, -0.2) is 13.4 Å². The van der Waals surface area contributed by atoms with Crippen molar-refractivity contribution in [2.24, 2.45) is 0 Å². The fourth-order valence-electron chi connectivity index (χ4n) is 4.00. The highest BCUT2D eigenvalue weighted by Gasteiger charge is 2.27. The Labute approximate surface area is 216 Å². The maximum absolute atomic E-state index is 13.6. The molecule has 0 N–H and O–H groups in total. The van der Waals surface area contributed by atoms with Gasteiger partial charge in [-0.1, -0.05) is 11.3 Å². The zero-order valence-electron chi connectivity index (χ0n) is 21.0. The van der Waals surface area contributed by atoms with Gasteiger partial charge in [0.15, 0.2) is 5.13 Å². The number of methoxy groups -OCH3 is 1. The van der Waals surface area contributed by atoms with Crippen LogP contribution in [0.25, 0.3) is 10.2 Å². The third kappa shape index (κ3) is 5.87. The van der Waals surface area contributed by atoms with Crippen LogP contribution in [0.1, 0.15) is 23.2 Å². The Morgan fingerprint density at radius 3 is 2.53 bits per heavy atom. The van der Waals surface area contributed by atoms with E-state index in [-0.39, 0.29) is 16.9 Å². The van der Waals surface area contributed by atoms with Crippen LogP contribution in [0.5, 0.6) is 5.75 Å². The first-order valence-electron chi connectivity index (χ1n) is 11.8. The van der Waals surface area contributed by atoms with Crippen molar-refractivity contribution in [3.8, 4) is 5.75 Å². The van der Waals surface area contributed by atoms with Crippen molar-refractivity contribution < 1.29 is 22.7 Å².